The number of carbonyl (C=O) groups excluding carboxylic acids is 2. The second-order valence-electron chi connectivity index (χ2n) is 3.71. The first kappa shape index (κ1) is 14.2. The Morgan fingerprint density at radius 3 is 2.28 bits per heavy atom. The highest BCUT2D eigenvalue weighted by Gasteiger charge is 2.28. The summed E-state index contributed by atoms with van der Waals surface area (Å²) in [5.41, 5.74) is 0.856. The molecule has 1 aromatic carbocycles. The lowest BCUT2D eigenvalue weighted by molar-refractivity contribution is -0.145. The van der Waals surface area contributed by atoms with Gasteiger partial charge in [0, 0.05) is 6.42 Å². The van der Waals surface area contributed by atoms with Crippen molar-refractivity contribution in [2.75, 3.05) is 6.54 Å². The molecule has 0 atom stereocenters. The van der Waals surface area contributed by atoms with E-state index in [0.717, 1.165) is 5.56 Å². The summed E-state index contributed by atoms with van der Waals surface area (Å²) >= 11 is 0. The average Bonchev–Trinajstić information content (AvgIpc) is 2.33. The molecule has 18 heavy (non-hydrogen) atoms. The Hall–Kier alpha value is -1.85. The summed E-state index contributed by atoms with van der Waals surface area (Å²) in [6, 6.07) is 8.93. The van der Waals surface area contributed by atoms with Crippen molar-refractivity contribution >= 4 is 11.7 Å². The lowest BCUT2D eigenvalue weighted by atomic mass is 10.1. The van der Waals surface area contributed by atoms with Crippen molar-refractivity contribution in [1.82, 2.24) is 5.32 Å². The first-order chi connectivity index (χ1) is 8.38. The van der Waals surface area contributed by atoms with E-state index in [-0.39, 0.29) is 6.42 Å². The fraction of sp³-hybridized carbons (Fsp3) is 0.333. The molecule has 1 aromatic rings. The number of nitrogens with one attached hydrogen (secondary N) is 1. The van der Waals surface area contributed by atoms with Gasteiger partial charge in [-0.3, -0.25) is 9.59 Å². The highest BCUT2D eigenvalue weighted by Crippen LogP contribution is 2.12. The lowest BCUT2D eigenvalue weighted by Gasteiger charge is -2.07. The molecule has 3 nitrogen and oxygen atoms in total. The molecule has 98 valence electrons. The number of aryl methyl sites for hydroxylation is 1. The molecule has 0 aliphatic carbocycles. The molecule has 0 radical (unpaired) electrons. The summed E-state index contributed by atoms with van der Waals surface area (Å²) in [7, 11) is 0. The van der Waals surface area contributed by atoms with Gasteiger partial charge in [0.25, 0.3) is 5.91 Å². The summed E-state index contributed by atoms with van der Waals surface area (Å²) in [4.78, 5) is 22.3. The van der Waals surface area contributed by atoms with E-state index in [4.69, 9.17) is 0 Å². The van der Waals surface area contributed by atoms with Crippen LogP contribution in [-0.4, -0.2) is 24.4 Å². The van der Waals surface area contributed by atoms with Gasteiger partial charge in [-0.05, 0) is 12.0 Å². The summed E-state index contributed by atoms with van der Waals surface area (Å²) in [6.07, 6.45) is -4.28. The second kappa shape index (κ2) is 6.18. The van der Waals surface area contributed by atoms with E-state index in [2.05, 4.69) is 0 Å². The van der Waals surface area contributed by atoms with Crippen LogP contribution in [0.5, 0.6) is 0 Å². The maximum absolute atomic E-state index is 11.8. The third-order valence-corrected chi connectivity index (χ3v) is 2.19. The number of benzene rings is 1. The first-order valence-electron chi connectivity index (χ1n) is 5.30. The number of Topliss-reactive ketones (excluding diaryl/α,β-unsaturated/α-hetero) is 1. The second-order valence-corrected chi connectivity index (χ2v) is 3.71. The third kappa shape index (κ3) is 5.47. The first-order valence-corrected chi connectivity index (χ1v) is 5.30. The summed E-state index contributed by atoms with van der Waals surface area (Å²) in [5.74, 6) is -2.04. The van der Waals surface area contributed by atoms with E-state index in [0.29, 0.717) is 6.42 Å². The number of alkyl halides is 3. The van der Waals surface area contributed by atoms with Gasteiger partial charge in [-0.2, -0.15) is 13.2 Å². The van der Waals surface area contributed by atoms with E-state index in [1.807, 2.05) is 0 Å². The Kier molecular flexibility index (Phi) is 4.88. The Morgan fingerprint density at radius 1 is 1.11 bits per heavy atom. The number of halogens is 3. The molecule has 1 N–H and O–H groups in total. The van der Waals surface area contributed by atoms with Crippen LogP contribution in [0.2, 0.25) is 0 Å². The number of carbonyl (C=O) groups is 2. The number of ketones is 1. The molecule has 0 fully saturated rings. The van der Waals surface area contributed by atoms with Crippen molar-refractivity contribution in [3.8, 4) is 0 Å². The number of hydrogen-bond acceptors (Lipinski definition) is 2. The van der Waals surface area contributed by atoms with Crippen molar-refractivity contribution in [2.45, 2.75) is 19.0 Å². The maximum atomic E-state index is 11.8. The molecule has 1 amide bonds. The predicted molar refractivity (Wildman–Crippen MR) is 58.8 cm³/mol. The van der Waals surface area contributed by atoms with Crippen LogP contribution < -0.4 is 5.32 Å². The van der Waals surface area contributed by atoms with Gasteiger partial charge in [0.2, 0.25) is 5.78 Å². The van der Waals surface area contributed by atoms with E-state index in [1.165, 1.54) is 0 Å². The summed E-state index contributed by atoms with van der Waals surface area (Å²) < 4.78 is 35.4. The van der Waals surface area contributed by atoms with E-state index < -0.39 is 24.4 Å². The number of hydrogen-bond donors (Lipinski definition) is 1. The van der Waals surface area contributed by atoms with Crippen LogP contribution in [0.25, 0.3) is 0 Å². The lowest BCUT2D eigenvalue weighted by Crippen LogP contribution is -2.38. The zero-order chi connectivity index (χ0) is 13.6. The van der Waals surface area contributed by atoms with Crippen LogP contribution >= 0.6 is 0 Å². The minimum Gasteiger partial charge on any atom is -0.340 e. The Labute approximate surface area is 102 Å². The Balaban J connectivity index is 2.35. The predicted octanol–water partition coefficient (Wildman–Crippen LogP) is 1.87. The summed E-state index contributed by atoms with van der Waals surface area (Å²) in [6.45, 7) is -1.48. The van der Waals surface area contributed by atoms with Gasteiger partial charge in [-0.15, -0.1) is 0 Å². The van der Waals surface area contributed by atoms with Gasteiger partial charge in [0.15, 0.2) is 0 Å². The van der Waals surface area contributed by atoms with Crippen molar-refractivity contribution in [3.05, 3.63) is 35.9 Å². The van der Waals surface area contributed by atoms with Crippen molar-refractivity contribution in [2.24, 2.45) is 0 Å². The van der Waals surface area contributed by atoms with Gasteiger partial charge < -0.3 is 5.32 Å². The molecule has 0 saturated carbocycles. The number of rotatable bonds is 5. The number of amides is 1. The molecular formula is C12H12F3NO2. The molecule has 0 aliphatic heterocycles. The van der Waals surface area contributed by atoms with Crippen LogP contribution in [-0.2, 0) is 16.0 Å². The van der Waals surface area contributed by atoms with Gasteiger partial charge in [0.1, 0.15) is 6.54 Å². The van der Waals surface area contributed by atoms with E-state index in [9.17, 15) is 22.8 Å². The Bertz CT molecular complexity index is 415. The van der Waals surface area contributed by atoms with Gasteiger partial charge in [0.05, 0.1) is 0 Å². The fourth-order valence-electron chi connectivity index (χ4n) is 1.30. The molecule has 0 spiro atoms. The van der Waals surface area contributed by atoms with E-state index >= 15 is 0 Å². The van der Waals surface area contributed by atoms with Crippen LogP contribution in [0, 0.1) is 0 Å². The maximum Gasteiger partial charge on any atom is 0.405 e. The van der Waals surface area contributed by atoms with Crippen LogP contribution in [0.3, 0.4) is 0 Å². The Morgan fingerprint density at radius 2 is 1.72 bits per heavy atom. The minimum absolute atomic E-state index is 0.103. The molecule has 0 aromatic heterocycles. The van der Waals surface area contributed by atoms with Crippen LogP contribution in [0.15, 0.2) is 30.3 Å². The van der Waals surface area contributed by atoms with Crippen molar-refractivity contribution < 1.29 is 22.8 Å². The monoisotopic (exact) mass is 259 g/mol. The quantitative estimate of drug-likeness (QED) is 0.820. The van der Waals surface area contributed by atoms with E-state index in [1.54, 1.807) is 35.6 Å². The molecular weight excluding hydrogens is 247 g/mol. The molecule has 0 saturated heterocycles. The molecule has 0 heterocycles. The zero-order valence-electron chi connectivity index (χ0n) is 9.46. The molecule has 0 bridgehead atoms. The normalized spacial score (nSPS) is 11.1. The van der Waals surface area contributed by atoms with Gasteiger partial charge >= 0.3 is 6.18 Å². The molecule has 6 heteroatoms. The summed E-state index contributed by atoms with van der Waals surface area (Å²) in [5, 5.41) is 1.55. The highest BCUT2D eigenvalue weighted by molar-refractivity contribution is 6.36. The van der Waals surface area contributed by atoms with Gasteiger partial charge in [-0.25, -0.2) is 0 Å². The SMILES string of the molecule is O=C(CCc1ccccc1)C(=O)NCC(F)(F)F. The highest BCUT2D eigenvalue weighted by atomic mass is 19.4. The molecule has 0 aliphatic rings. The van der Waals surface area contributed by atoms with Crippen LogP contribution in [0.4, 0.5) is 13.2 Å². The minimum atomic E-state index is -4.50. The van der Waals surface area contributed by atoms with Crippen molar-refractivity contribution in [1.29, 1.82) is 0 Å². The molecule has 0 unspecified atom stereocenters. The zero-order valence-corrected chi connectivity index (χ0v) is 9.46. The van der Waals surface area contributed by atoms with Gasteiger partial charge in [-0.1, -0.05) is 30.3 Å². The fourth-order valence-corrected chi connectivity index (χ4v) is 1.30. The standard InChI is InChI=1S/C12H12F3NO2/c13-12(14,15)8-16-11(18)10(17)7-6-9-4-2-1-3-5-9/h1-5H,6-8H2,(H,16,18). The third-order valence-electron chi connectivity index (χ3n) is 2.19. The van der Waals surface area contributed by atoms with Crippen molar-refractivity contribution in [3.63, 3.8) is 0 Å². The molecule has 1 rings (SSSR count). The smallest absolute Gasteiger partial charge is 0.340 e. The van der Waals surface area contributed by atoms with Crippen LogP contribution in [0.1, 0.15) is 12.0 Å². The topological polar surface area (TPSA) is 46.2 Å². The largest absolute Gasteiger partial charge is 0.405 e. The average molecular weight is 259 g/mol.